The second-order valence-electron chi connectivity index (χ2n) is 4.65. The summed E-state index contributed by atoms with van der Waals surface area (Å²) in [6, 6.07) is 9.50. The summed E-state index contributed by atoms with van der Waals surface area (Å²) in [6.45, 7) is 1.64. The molecule has 0 saturated heterocycles. The number of nitrogens with one attached hydrogen (secondary N) is 1. The number of rotatable bonds is 5. The number of hydrogen-bond acceptors (Lipinski definition) is 5. The molecule has 1 aromatic heterocycles. The lowest BCUT2D eigenvalue weighted by atomic mass is 10.1. The van der Waals surface area contributed by atoms with Crippen molar-refractivity contribution in [1.29, 1.82) is 0 Å². The van der Waals surface area contributed by atoms with Crippen LogP contribution < -0.4 is 5.43 Å². The normalized spacial score (nSPS) is 11.0. The summed E-state index contributed by atoms with van der Waals surface area (Å²) in [5.74, 6) is -0.795. The molecule has 22 heavy (non-hydrogen) atoms. The van der Waals surface area contributed by atoms with Crippen LogP contribution in [-0.4, -0.2) is 27.5 Å². The molecule has 1 heterocycles. The van der Waals surface area contributed by atoms with E-state index in [1.165, 1.54) is 18.3 Å². The van der Waals surface area contributed by atoms with E-state index in [9.17, 15) is 14.7 Å². The van der Waals surface area contributed by atoms with Gasteiger partial charge in [-0.25, -0.2) is 5.43 Å². The van der Waals surface area contributed by atoms with Gasteiger partial charge in [-0.15, -0.1) is 0 Å². The van der Waals surface area contributed by atoms with Crippen molar-refractivity contribution < 1.29 is 14.7 Å². The number of ketones is 1. The molecule has 0 aliphatic carbocycles. The van der Waals surface area contributed by atoms with Crippen LogP contribution in [0.25, 0.3) is 0 Å². The summed E-state index contributed by atoms with van der Waals surface area (Å²) in [6.07, 6.45) is 3.15. The molecule has 1 aromatic carbocycles. The number of hydrogen-bond donors (Lipinski definition) is 2. The quantitative estimate of drug-likeness (QED) is 0.502. The van der Waals surface area contributed by atoms with Crippen LogP contribution in [0.3, 0.4) is 0 Å². The Kier molecular flexibility index (Phi) is 4.98. The number of aromatic nitrogens is 1. The van der Waals surface area contributed by atoms with Crippen molar-refractivity contribution in [2.45, 2.75) is 13.3 Å². The van der Waals surface area contributed by atoms with E-state index in [2.05, 4.69) is 15.5 Å². The monoisotopic (exact) mass is 297 g/mol. The van der Waals surface area contributed by atoms with Crippen LogP contribution >= 0.6 is 0 Å². The molecule has 0 fully saturated rings. The Hall–Kier alpha value is -3.02. The Morgan fingerprint density at radius 1 is 1.23 bits per heavy atom. The highest BCUT2D eigenvalue weighted by atomic mass is 16.3. The summed E-state index contributed by atoms with van der Waals surface area (Å²) in [4.78, 5) is 27.7. The second kappa shape index (κ2) is 7.12. The van der Waals surface area contributed by atoms with Gasteiger partial charge in [0.25, 0.3) is 5.91 Å². The molecule has 0 unspecified atom stereocenters. The average Bonchev–Trinajstić information content (AvgIpc) is 2.54. The molecule has 0 spiro atoms. The van der Waals surface area contributed by atoms with Gasteiger partial charge in [0.2, 0.25) is 0 Å². The smallest absolute Gasteiger partial charge is 0.275 e. The molecule has 6 heteroatoms. The SMILES string of the molecule is C/C(CC(=O)c1cccnc1)=N\NC(=O)c1ccccc1O. The van der Waals surface area contributed by atoms with Crippen molar-refractivity contribution in [3.63, 3.8) is 0 Å². The lowest BCUT2D eigenvalue weighted by molar-refractivity contribution is 0.0948. The number of carbonyl (C=O) groups is 2. The molecule has 2 aromatic rings. The van der Waals surface area contributed by atoms with E-state index in [-0.39, 0.29) is 23.5 Å². The third-order valence-corrected chi connectivity index (χ3v) is 2.90. The van der Waals surface area contributed by atoms with Crippen LogP contribution in [0.2, 0.25) is 0 Å². The minimum atomic E-state index is -0.536. The van der Waals surface area contributed by atoms with E-state index >= 15 is 0 Å². The van der Waals surface area contributed by atoms with Crippen LogP contribution in [-0.2, 0) is 0 Å². The fourth-order valence-electron chi connectivity index (χ4n) is 1.77. The molecule has 2 N–H and O–H groups in total. The molecule has 0 aliphatic heterocycles. The minimum absolute atomic E-state index is 0.0761. The topological polar surface area (TPSA) is 91.7 Å². The van der Waals surface area contributed by atoms with Crippen LogP contribution in [0, 0.1) is 0 Å². The van der Waals surface area contributed by atoms with Crippen LogP contribution in [0.5, 0.6) is 5.75 Å². The molecular formula is C16H15N3O3. The maximum Gasteiger partial charge on any atom is 0.275 e. The van der Waals surface area contributed by atoms with Gasteiger partial charge in [-0.05, 0) is 31.2 Å². The third kappa shape index (κ3) is 3.99. The van der Waals surface area contributed by atoms with Crippen molar-refractivity contribution in [1.82, 2.24) is 10.4 Å². The van der Waals surface area contributed by atoms with Crippen LogP contribution in [0.4, 0.5) is 0 Å². The number of benzene rings is 1. The molecule has 0 bridgehead atoms. The minimum Gasteiger partial charge on any atom is -0.507 e. The summed E-state index contributed by atoms with van der Waals surface area (Å²) in [7, 11) is 0. The van der Waals surface area contributed by atoms with Gasteiger partial charge in [-0.1, -0.05) is 12.1 Å². The highest BCUT2D eigenvalue weighted by Crippen LogP contribution is 2.14. The van der Waals surface area contributed by atoms with Crippen molar-refractivity contribution in [2.24, 2.45) is 5.10 Å². The fourth-order valence-corrected chi connectivity index (χ4v) is 1.77. The first-order chi connectivity index (χ1) is 10.6. The number of carbonyl (C=O) groups excluding carboxylic acids is 2. The van der Waals surface area contributed by atoms with Gasteiger partial charge >= 0.3 is 0 Å². The van der Waals surface area contributed by atoms with E-state index < -0.39 is 5.91 Å². The average molecular weight is 297 g/mol. The number of Topliss-reactive ketones (excluding diaryl/α,β-unsaturated/α-hetero) is 1. The summed E-state index contributed by atoms with van der Waals surface area (Å²) < 4.78 is 0. The highest BCUT2D eigenvalue weighted by molar-refractivity contribution is 6.09. The van der Waals surface area contributed by atoms with Gasteiger partial charge in [0.05, 0.1) is 12.0 Å². The molecule has 0 radical (unpaired) electrons. The molecule has 112 valence electrons. The Morgan fingerprint density at radius 2 is 2.00 bits per heavy atom. The Bertz CT molecular complexity index is 712. The van der Waals surface area contributed by atoms with Crippen molar-refractivity contribution in [2.75, 3.05) is 0 Å². The largest absolute Gasteiger partial charge is 0.507 e. The van der Waals surface area contributed by atoms with Crippen molar-refractivity contribution in [3.8, 4) is 5.75 Å². The molecule has 6 nitrogen and oxygen atoms in total. The maximum atomic E-state index is 12.0. The molecule has 0 atom stereocenters. The zero-order valence-electron chi connectivity index (χ0n) is 12.0. The van der Waals surface area contributed by atoms with Gasteiger partial charge in [0.15, 0.2) is 5.78 Å². The maximum absolute atomic E-state index is 12.0. The number of phenols is 1. The lowest BCUT2D eigenvalue weighted by Crippen LogP contribution is -2.20. The third-order valence-electron chi connectivity index (χ3n) is 2.90. The number of phenolic OH excluding ortho intramolecular Hbond substituents is 1. The highest BCUT2D eigenvalue weighted by Gasteiger charge is 2.10. The molecule has 1 amide bonds. The zero-order valence-corrected chi connectivity index (χ0v) is 12.0. The van der Waals surface area contributed by atoms with Crippen LogP contribution in [0.1, 0.15) is 34.1 Å². The predicted molar refractivity (Wildman–Crippen MR) is 81.9 cm³/mol. The number of hydrazone groups is 1. The van der Waals surface area contributed by atoms with Gasteiger partial charge in [-0.3, -0.25) is 14.6 Å². The number of para-hydroxylation sites is 1. The van der Waals surface area contributed by atoms with E-state index in [0.717, 1.165) is 0 Å². The van der Waals surface area contributed by atoms with Crippen LogP contribution in [0.15, 0.2) is 53.9 Å². The number of nitrogens with zero attached hydrogens (tertiary/aromatic N) is 2. The van der Waals surface area contributed by atoms with Crippen molar-refractivity contribution >= 4 is 17.4 Å². The predicted octanol–water partition coefficient (Wildman–Crippen LogP) is 2.17. The van der Waals surface area contributed by atoms with Gasteiger partial charge in [0, 0.05) is 23.7 Å². The molecular weight excluding hydrogens is 282 g/mol. The number of pyridine rings is 1. The van der Waals surface area contributed by atoms with Gasteiger partial charge < -0.3 is 5.11 Å². The van der Waals surface area contributed by atoms with Gasteiger partial charge in [-0.2, -0.15) is 5.10 Å². The summed E-state index contributed by atoms with van der Waals surface area (Å²) >= 11 is 0. The molecule has 0 aliphatic rings. The second-order valence-corrected chi connectivity index (χ2v) is 4.65. The van der Waals surface area contributed by atoms with E-state index in [1.54, 1.807) is 37.4 Å². The van der Waals surface area contributed by atoms with E-state index in [4.69, 9.17) is 0 Å². The van der Waals surface area contributed by atoms with E-state index in [0.29, 0.717) is 11.3 Å². The Balaban J connectivity index is 1.97. The summed E-state index contributed by atoms with van der Waals surface area (Å²) in [5, 5.41) is 13.4. The van der Waals surface area contributed by atoms with E-state index in [1.807, 2.05) is 0 Å². The first-order valence-electron chi connectivity index (χ1n) is 6.62. The zero-order chi connectivity index (χ0) is 15.9. The number of amides is 1. The summed E-state index contributed by atoms with van der Waals surface area (Å²) in [5.41, 5.74) is 3.39. The first kappa shape index (κ1) is 15.4. The fraction of sp³-hybridized carbons (Fsp3) is 0.125. The lowest BCUT2D eigenvalue weighted by Gasteiger charge is -2.04. The van der Waals surface area contributed by atoms with Gasteiger partial charge in [0.1, 0.15) is 5.75 Å². The van der Waals surface area contributed by atoms with Crippen molar-refractivity contribution in [3.05, 3.63) is 59.9 Å². The Morgan fingerprint density at radius 3 is 2.68 bits per heavy atom. The standard InChI is InChI=1S/C16H15N3O3/c1-11(9-15(21)12-5-4-8-17-10-12)18-19-16(22)13-6-2-3-7-14(13)20/h2-8,10,20H,9H2,1H3,(H,19,22)/b18-11+. The Labute approximate surface area is 127 Å². The molecule has 2 rings (SSSR count). The number of aromatic hydroxyl groups is 1. The first-order valence-corrected chi connectivity index (χ1v) is 6.62. The molecule has 0 saturated carbocycles.